The van der Waals surface area contributed by atoms with Gasteiger partial charge in [0.25, 0.3) is 0 Å². The Labute approximate surface area is 209 Å². The van der Waals surface area contributed by atoms with Gasteiger partial charge < -0.3 is 10.2 Å². The van der Waals surface area contributed by atoms with Crippen LogP contribution in [0.25, 0.3) is 0 Å². The molecule has 2 aromatic carbocycles. The summed E-state index contributed by atoms with van der Waals surface area (Å²) >= 11 is 12.2. The molecule has 7 nitrogen and oxygen atoms in total. The van der Waals surface area contributed by atoms with Crippen molar-refractivity contribution in [2.24, 2.45) is 0 Å². The number of nitrogens with one attached hydrogen (secondary N) is 1. The van der Waals surface area contributed by atoms with Crippen molar-refractivity contribution in [3.63, 3.8) is 0 Å². The van der Waals surface area contributed by atoms with Gasteiger partial charge in [0.05, 0.1) is 17.0 Å². The monoisotopic (exact) mass is 531 g/mol. The average molecular weight is 532 g/mol. The van der Waals surface area contributed by atoms with E-state index in [9.17, 15) is 22.4 Å². The van der Waals surface area contributed by atoms with E-state index in [0.717, 1.165) is 10.6 Å². The second-order valence-electron chi connectivity index (χ2n) is 8.10. The van der Waals surface area contributed by atoms with Crippen LogP contribution in [-0.2, 0) is 26.2 Å². The molecule has 0 saturated carbocycles. The van der Waals surface area contributed by atoms with Crippen molar-refractivity contribution in [1.29, 1.82) is 0 Å². The maximum atomic E-state index is 13.5. The van der Waals surface area contributed by atoms with Gasteiger partial charge in [-0.1, -0.05) is 42.3 Å². The van der Waals surface area contributed by atoms with Gasteiger partial charge in [0.2, 0.25) is 21.8 Å². The molecule has 0 aliphatic rings. The van der Waals surface area contributed by atoms with Gasteiger partial charge in [-0.3, -0.25) is 13.9 Å². The number of anilines is 1. The maximum Gasteiger partial charge on any atom is 0.244 e. The molecule has 0 aliphatic carbocycles. The van der Waals surface area contributed by atoms with Crippen LogP contribution < -0.4 is 9.62 Å². The third-order valence-corrected chi connectivity index (χ3v) is 6.60. The van der Waals surface area contributed by atoms with Gasteiger partial charge in [-0.15, -0.1) is 0 Å². The molecule has 0 radical (unpaired) electrons. The second-order valence-corrected chi connectivity index (χ2v) is 10.9. The molecule has 0 saturated heterocycles. The largest absolute Gasteiger partial charge is 0.352 e. The van der Waals surface area contributed by atoms with Crippen LogP contribution in [0.5, 0.6) is 0 Å². The fourth-order valence-corrected chi connectivity index (χ4v) is 4.79. The molecule has 1 atom stereocenters. The molecule has 0 aliphatic heterocycles. The maximum absolute atomic E-state index is 13.5. The number of amides is 2. The standard InChI is InChI=1S/C23H28Cl2FN3O4S/c1-5-20(23(31)27-15(2)3)28(13-16-6-9-18(26)10-7-16)22(30)14-29(34(4,32)33)21-11-8-17(24)12-19(21)25/h6-12,15,20H,5,13-14H2,1-4H3,(H,27,31)/t20-/m0/s1. The highest BCUT2D eigenvalue weighted by atomic mass is 35.5. The number of carbonyl (C=O) groups is 2. The summed E-state index contributed by atoms with van der Waals surface area (Å²) in [5.41, 5.74) is 0.671. The van der Waals surface area contributed by atoms with E-state index in [1.807, 2.05) is 0 Å². The molecule has 0 spiro atoms. The van der Waals surface area contributed by atoms with Gasteiger partial charge in [0, 0.05) is 17.6 Å². The Balaban J connectivity index is 2.46. The summed E-state index contributed by atoms with van der Waals surface area (Å²) in [5, 5.41) is 3.16. The number of sulfonamides is 1. The number of hydrogen-bond acceptors (Lipinski definition) is 4. The lowest BCUT2D eigenvalue weighted by molar-refractivity contribution is -0.140. The first kappa shape index (κ1) is 27.9. The van der Waals surface area contributed by atoms with Crippen LogP contribution in [0.1, 0.15) is 32.8 Å². The summed E-state index contributed by atoms with van der Waals surface area (Å²) < 4.78 is 39.4. The summed E-state index contributed by atoms with van der Waals surface area (Å²) in [6.07, 6.45) is 1.24. The Hall–Kier alpha value is -2.36. The topological polar surface area (TPSA) is 86.8 Å². The van der Waals surface area contributed by atoms with E-state index >= 15 is 0 Å². The highest BCUT2D eigenvalue weighted by Gasteiger charge is 2.32. The summed E-state index contributed by atoms with van der Waals surface area (Å²) in [5.74, 6) is -1.43. The molecule has 0 unspecified atom stereocenters. The van der Waals surface area contributed by atoms with Crippen molar-refractivity contribution in [2.75, 3.05) is 17.1 Å². The van der Waals surface area contributed by atoms with E-state index in [1.165, 1.54) is 47.4 Å². The van der Waals surface area contributed by atoms with Crippen LogP contribution in [-0.4, -0.2) is 50.0 Å². The average Bonchev–Trinajstić information content (AvgIpc) is 2.72. The zero-order valence-electron chi connectivity index (χ0n) is 19.4. The van der Waals surface area contributed by atoms with Crippen LogP contribution in [0.2, 0.25) is 10.0 Å². The van der Waals surface area contributed by atoms with Crippen molar-refractivity contribution >= 4 is 50.7 Å². The first-order valence-corrected chi connectivity index (χ1v) is 13.2. The molecule has 1 N–H and O–H groups in total. The first-order valence-electron chi connectivity index (χ1n) is 10.6. The Kier molecular flexibility index (Phi) is 9.73. The predicted octanol–water partition coefficient (Wildman–Crippen LogP) is 4.23. The van der Waals surface area contributed by atoms with E-state index in [1.54, 1.807) is 20.8 Å². The smallest absolute Gasteiger partial charge is 0.244 e. The minimum atomic E-state index is -3.92. The van der Waals surface area contributed by atoms with Gasteiger partial charge in [0.15, 0.2) is 0 Å². The van der Waals surface area contributed by atoms with Crippen molar-refractivity contribution in [2.45, 2.75) is 45.8 Å². The minimum absolute atomic E-state index is 0.0188. The second kappa shape index (κ2) is 11.9. The van der Waals surface area contributed by atoms with E-state index in [0.29, 0.717) is 10.6 Å². The number of halogens is 3. The summed E-state index contributed by atoms with van der Waals surface area (Å²) in [6.45, 7) is 4.73. The number of carbonyl (C=O) groups excluding carboxylic acids is 2. The van der Waals surface area contributed by atoms with Crippen LogP contribution in [0.3, 0.4) is 0 Å². The van der Waals surface area contributed by atoms with Crippen molar-refractivity contribution in [3.8, 4) is 0 Å². The summed E-state index contributed by atoms with van der Waals surface area (Å²) in [4.78, 5) is 27.7. The van der Waals surface area contributed by atoms with E-state index < -0.39 is 34.3 Å². The molecular weight excluding hydrogens is 504 g/mol. The Bertz CT molecular complexity index is 1130. The molecule has 0 aromatic heterocycles. The number of rotatable bonds is 10. The first-order chi connectivity index (χ1) is 15.8. The molecule has 186 valence electrons. The molecule has 34 heavy (non-hydrogen) atoms. The van der Waals surface area contributed by atoms with Gasteiger partial charge in [-0.2, -0.15) is 0 Å². The lowest BCUT2D eigenvalue weighted by atomic mass is 10.1. The van der Waals surface area contributed by atoms with Crippen molar-refractivity contribution in [3.05, 3.63) is 63.9 Å². The van der Waals surface area contributed by atoms with Crippen molar-refractivity contribution < 1.29 is 22.4 Å². The van der Waals surface area contributed by atoms with E-state index in [2.05, 4.69) is 5.32 Å². The third kappa shape index (κ3) is 7.58. The lowest BCUT2D eigenvalue weighted by Crippen LogP contribution is -2.53. The molecule has 0 bridgehead atoms. The SMILES string of the molecule is CC[C@@H](C(=O)NC(C)C)N(Cc1ccc(F)cc1)C(=O)CN(c1ccc(Cl)cc1Cl)S(C)(=O)=O. The number of benzene rings is 2. The normalized spacial score (nSPS) is 12.4. The lowest BCUT2D eigenvalue weighted by Gasteiger charge is -2.33. The van der Waals surface area contributed by atoms with Gasteiger partial charge in [-0.25, -0.2) is 12.8 Å². The summed E-state index contributed by atoms with van der Waals surface area (Å²) in [7, 11) is -3.92. The highest BCUT2D eigenvalue weighted by Crippen LogP contribution is 2.30. The Morgan fingerprint density at radius 2 is 1.71 bits per heavy atom. The van der Waals surface area contributed by atoms with Crippen LogP contribution >= 0.6 is 23.2 Å². The van der Waals surface area contributed by atoms with Gasteiger partial charge >= 0.3 is 0 Å². The van der Waals surface area contributed by atoms with Gasteiger partial charge in [0.1, 0.15) is 18.4 Å². The van der Waals surface area contributed by atoms with Crippen LogP contribution in [0.4, 0.5) is 10.1 Å². The molecular formula is C23H28Cl2FN3O4S. The molecule has 0 fully saturated rings. The summed E-state index contributed by atoms with van der Waals surface area (Å²) in [6, 6.07) is 8.74. The van der Waals surface area contributed by atoms with Gasteiger partial charge in [-0.05, 0) is 56.2 Å². The zero-order chi connectivity index (χ0) is 25.6. The molecule has 2 amide bonds. The number of nitrogens with zero attached hydrogens (tertiary/aromatic N) is 2. The quantitative estimate of drug-likeness (QED) is 0.496. The van der Waals surface area contributed by atoms with Crippen molar-refractivity contribution in [1.82, 2.24) is 10.2 Å². The molecule has 11 heteroatoms. The Morgan fingerprint density at radius 1 is 1.09 bits per heavy atom. The zero-order valence-corrected chi connectivity index (χ0v) is 21.7. The third-order valence-electron chi connectivity index (χ3n) is 4.94. The Morgan fingerprint density at radius 3 is 2.21 bits per heavy atom. The molecule has 0 heterocycles. The van der Waals surface area contributed by atoms with E-state index in [-0.39, 0.29) is 35.6 Å². The van der Waals surface area contributed by atoms with E-state index in [4.69, 9.17) is 23.2 Å². The van der Waals surface area contributed by atoms with Crippen LogP contribution in [0, 0.1) is 5.82 Å². The number of hydrogen-bond donors (Lipinski definition) is 1. The minimum Gasteiger partial charge on any atom is -0.352 e. The van der Waals surface area contributed by atoms with Crippen LogP contribution in [0.15, 0.2) is 42.5 Å². The highest BCUT2D eigenvalue weighted by molar-refractivity contribution is 7.92. The fourth-order valence-electron chi connectivity index (χ4n) is 3.37. The fraction of sp³-hybridized carbons (Fsp3) is 0.391. The predicted molar refractivity (Wildman–Crippen MR) is 133 cm³/mol. The molecule has 2 rings (SSSR count). The molecule has 2 aromatic rings.